The van der Waals surface area contributed by atoms with Crippen molar-refractivity contribution < 1.29 is 28.9 Å². The summed E-state index contributed by atoms with van der Waals surface area (Å²) in [5.41, 5.74) is 4.18. The molecule has 200 valence electrons. The molecule has 0 spiro atoms. The molecule has 3 heterocycles. The third-order valence-corrected chi connectivity index (χ3v) is 7.60. The van der Waals surface area contributed by atoms with E-state index in [1.54, 1.807) is 12.1 Å². The molecule has 3 aliphatic heterocycles. The first-order chi connectivity index (χ1) is 18.7. The van der Waals surface area contributed by atoms with E-state index in [0.29, 0.717) is 23.7 Å². The van der Waals surface area contributed by atoms with Crippen LogP contribution in [0.15, 0.2) is 66.2 Å². The van der Waals surface area contributed by atoms with E-state index in [2.05, 4.69) is 20.8 Å². The van der Waals surface area contributed by atoms with Gasteiger partial charge in [0.2, 0.25) is 6.79 Å². The van der Waals surface area contributed by atoms with E-state index in [-0.39, 0.29) is 30.1 Å². The molecule has 0 bridgehead atoms. The van der Waals surface area contributed by atoms with Crippen LogP contribution in [-0.4, -0.2) is 35.1 Å². The lowest BCUT2D eigenvalue weighted by molar-refractivity contribution is -0.140. The number of rotatable bonds is 4. The number of carbonyl (C=O) groups is 2. The van der Waals surface area contributed by atoms with Gasteiger partial charge in [-0.3, -0.25) is 9.59 Å². The fourth-order valence-electron chi connectivity index (χ4n) is 5.45. The molecule has 3 aromatic carbocycles. The predicted molar refractivity (Wildman–Crippen MR) is 146 cm³/mol. The number of likely N-dealkylation sites (tertiary alicyclic amines) is 1. The van der Waals surface area contributed by atoms with Gasteiger partial charge in [-0.15, -0.1) is 0 Å². The van der Waals surface area contributed by atoms with Crippen molar-refractivity contribution in [3.05, 3.63) is 94.1 Å². The van der Waals surface area contributed by atoms with E-state index in [0.717, 1.165) is 40.8 Å². The van der Waals surface area contributed by atoms with Gasteiger partial charge in [0, 0.05) is 12.1 Å². The zero-order valence-corrected chi connectivity index (χ0v) is 22.3. The van der Waals surface area contributed by atoms with E-state index in [9.17, 15) is 14.7 Å². The summed E-state index contributed by atoms with van der Waals surface area (Å²) in [5.74, 6) is 0.501. The number of amides is 1. The van der Waals surface area contributed by atoms with Crippen LogP contribution in [0.3, 0.4) is 0 Å². The van der Waals surface area contributed by atoms with Gasteiger partial charge in [-0.2, -0.15) is 0 Å². The number of benzene rings is 3. The van der Waals surface area contributed by atoms with Crippen molar-refractivity contribution in [2.75, 3.05) is 13.4 Å². The Labute approximate surface area is 227 Å². The summed E-state index contributed by atoms with van der Waals surface area (Å²) in [4.78, 5) is 28.5. The highest BCUT2D eigenvalue weighted by atomic mass is 16.7. The molecule has 1 amide bonds. The highest BCUT2D eigenvalue weighted by molar-refractivity contribution is 6.46. The second-order valence-electron chi connectivity index (χ2n) is 11.3. The Morgan fingerprint density at radius 2 is 1.67 bits per heavy atom. The largest absolute Gasteiger partial charge is 0.507 e. The lowest BCUT2D eigenvalue weighted by Gasteiger charge is -2.27. The number of nitrogens with zero attached hydrogens (tertiary/aromatic N) is 1. The molecule has 6 rings (SSSR count). The number of ether oxygens (including phenoxy) is 3. The van der Waals surface area contributed by atoms with Gasteiger partial charge in [-0.1, -0.05) is 51.1 Å². The number of fused-ring (bicyclic) bond motifs is 2. The minimum atomic E-state index is -0.753. The van der Waals surface area contributed by atoms with Crippen LogP contribution in [0.4, 0.5) is 0 Å². The van der Waals surface area contributed by atoms with Crippen LogP contribution >= 0.6 is 0 Å². The number of aryl methyl sites for hydroxylation is 1. The first kappa shape index (κ1) is 25.0. The Bertz CT molecular complexity index is 1500. The van der Waals surface area contributed by atoms with E-state index in [1.807, 2.05) is 48.5 Å². The minimum absolute atomic E-state index is 0.0575. The zero-order valence-electron chi connectivity index (χ0n) is 22.3. The predicted octanol–water partition coefficient (Wildman–Crippen LogP) is 5.66. The molecule has 1 saturated heterocycles. The van der Waals surface area contributed by atoms with Crippen molar-refractivity contribution in [3.63, 3.8) is 0 Å². The SMILES string of the molecule is CC(C)(C)c1ccc(C2/C(=C(/O)c3ccc4c(c3)CCCO4)C(=O)C(=O)N2Cc2ccc3c(c2)OCO3)cc1. The lowest BCUT2D eigenvalue weighted by atomic mass is 9.85. The molecule has 0 radical (unpaired) electrons. The van der Waals surface area contributed by atoms with Crippen molar-refractivity contribution in [3.8, 4) is 17.2 Å². The monoisotopic (exact) mass is 525 g/mol. The second-order valence-corrected chi connectivity index (χ2v) is 11.3. The maximum atomic E-state index is 13.5. The van der Waals surface area contributed by atoms with Crippen molar-refractivity contribution in [2.24, 2.45) is 0 Å². The fourth-order valence-corrected chi connectivity index (χ4v) is 5.45. The quantitative estimate of drug-likeness (QED) is 0.269. The summed E-state index contributed by atoms with van der Waals surface area (Å²) < 4.78 is 16.7. The highest BCUT2D eigenvalue weighted by Gasteiger charge is 2.46. The van der Waals surface area contributed by atoms with Gasteiger partial charge in [0.25, 0.3) is 11.7 Å². The second kappa shape index (κ2) is 9.49. The summed E-state index contributed by atoms with van der Waals surface area (Å²) in [7, 11) is 0. The lowest BCUT2D eigenvalue weighted by Crippen LogP contribution is -2.29. The van der Waals surface area contributed by atoms with Gasteiger partial charge in [-0.25, -0.2) is 0 Å². The maximum Gasteiger partial charge on any atom is 0.295 e. The number of aliphatic hydroxyl groups is 1. The van der Waals surface area contributed by atoms with E-state index < -0.39 is 17.7 Å². The van der Waals surface area contributed by atoms with E-state index in [4.69, 9.17) is 14.2 Å². The summed E-state index contributed by atoms with van der Waals surface area (Å²) >= 11 is 0. The number of aliphatic hydroxyl groups excluding tert-OH is 1. The molecule has 0 aromatic heterocycles. The fraction of sp³-hybridized carbons (Fsp3) is 0.312. The summed E-state index contributed by atoms with van der Waals surface area (Å²) in [6.45, 7) is 7.37. The summed E-state index contributed by atoms with van der Waals surface area (Å²) in [6, 6.07) is 18.1. The Balaban J connectivity index is 1.45. The molecule has 39 heavy (non-hydrogen) atoms. The van der Waals surface area contributed by atoms with Crippen molar-refractivity contribution in [1.29, 1.82) is 0 Å². The van der Waals surface area contributed by atoms with Crippen LogP contribution in [0.25, 0.3) is 5.76 Å². The van der Waals surface area contributed by atoms with E-state index in [1.165, 1.54) is 4.90 Å². The third-order valence-electron chi connectivity index (χ3n) is 7.60. The molecule has 1 unspecified atom stereocenters. The molecule has 1 N–H and O–H groups in total. The van der Waals surface area contributed by atoms with Gasteiger partial charge in [0.15, 0.2) is 11.5 Å². The molecule has 1 atom stereocenters. The van der Waals surface area contributed by atoms with Gasteiger partial charge in [0.05, 0.1) is 18.2 Å². The molecule has 3 aliphatic rings. The van der Waals surface area contributed by atoms with Crippen LogP contribution in [0.2, 0.25) is 0 Å². The highest BCUT2D eigenvalue weighted by Crippen LogP contribution is 2.42. The number of ketones is 1. The normalized spacial score (nSPS) is 19.7. The smallest absolute Gasteiger partial charge is 0.295 e. The Kier molecular flexibility index (Phi) is 6.09. The molecule has 0 saturated carbocycles. The summed E-state index contributed by atoms with van der Waals surface area (Å²) in [5, 5.41) is 11.5. The van der Waals surface area contributed by atoms with Gasteiger partial charge in [0.1, 0.15) is 11.5 Å². The maximum absolute atomic E-state index is 13.5. The average molecular weight is 526 g/mol. The third kappa shape index (κ3) is 4.52. The Hall–Kier alpha value is -4.26. The number of carbonyl (C=O) groups excluding carboxylic acids is 2. The van der Waals surface area contributed by atoms with Gasteiger partial charge < -0.3 is 24.2 Å². The molecule has 1 fully saturated rings. The molecular weight excluding hydrogens is 494 g/mol. The van der Waals surface area contributed by atoms with Crippen molar-refractivity contribution >= 4 is 17.4 Å². The number of hydrogen-bond donors (Lipinski definition) is 1. The van der Waals surface area contributed by atoms with Crippen LogP contribution in [-0.2, 0) is 28.0 Å². The number of Topliss-reactive ketones (excluding diaryl/α,β-unsaturated/α-hetero) is 1. The Morgan fingerprint density at radius 1 is 0.923 bits per heavy atom. The standard InChI is InChI=1S/C32H31NO6/c1-32(2,3)23-10-7-20(8-11-23)28-27(29(34)22-9-13-24-21(16-22)5-4-14-37-24)30(35)31(36)33(28)17-19-6-12-25-26(15-19)39-18-38-25/h6-13,15-16,28,34H,4-5,14,17-18H2,1-3H3/b29-27-. The first-order valence-electron chi connectivity index (χ1n) is 13.2. The Morgan fingerprint density at radius 3 is 2.44 bits per heavy atom. The van der Waals surface area contributed by atoms with E-state index >= 15 is 0 Å². The molecule has 7 nitrogen and oxygen atoms in total. The molecule has 3 aromatic rings. The zero-order chi connectivity index (χ0) is 27.3. The van der Waals surface area contributed by atoms with Crippen molar-refractivity contribution in [2.45, 2.75) is 51.6 Å². The van der Waals surface area contributed by atoms with Crippen LogP contribution < -0.4 is 14.2 Å². The van der Waals surface area contributed by atoms with Crippen molar-refractivity contribution in [1.82, 2.24) is 4.90 Å². The van der Waals surface area contributed by atoms with Crippen LogP contribution in [0.1, 0.15) is 61.1 Å². The average Bonchev–Trinajstić information content (AvgIpc) is 3.50. The van der Waals surface area contributed by atoms with Crippen LogP contribution in [0.5, 0.6) is 17.2 Å². The first-order valence-corrected chi connectivity index (χ1v) is 13.2. The number of hydrogen-bond acceptors (Lipinski definition) is 6. The molecular formula is C32H31NO6. The summed E-state index contributed by atoms with van der Waals surface area (Å²) in [6.07, 6.45) is 1.71. The van der Waals surface area contributed by atoms with Crippen LogP contribution in [0, 0.1) is 0 Å². The van der Waals surface area contributed by atoms with Gasteiger partial charge in [-0.05, 0) is 70.8 Å². The molecule has 7 heteroatoms. The topological polar surface area (TPSA) is 85.3 Å². The minimum Gasteiger partial charge on any atom is -0.507 e. The molecule has 0 aliphatic carbocycles. The van der Waals surface area contributed by atoms with Gasteiger partial charge >= 0.3 is 0 Å².